The molecule has 1 aromatic rings. The molecule has 2 fully saturated rings. The van der Waals surface area contributed by atoms with E-state index in [-0.39, 0.29) is 23.8 Å². The molecule has 2 aliphatic rings. The van der Waals surface area contributed by atoms with Gasteiger partial charge in [0.15, 0.2) is 5.78 Å². The van der Waals surface area contributed by atoms with Crippen LogP contribution >= 0.6 is 11.6 Å². The average Bonchev–Trinajstić information content (AvgIpc) is 2.48. The summed E-state index contributed by atoms with van der Waals surface area (Å²) >= 11 is 5.80. The molecule has 0 radical (unpaired) electrons. The van der Waals surface area contributed by atoms with E-state index >= 15 is 0 Å². The first kappa shape index (κ1) is 14.1. The molecule has 1 aliphatic carbocycles. The van der Waals surface area contributed by atoms with Crippen LogP contribution in [0.5, 0.6) is 0 Å². The van der Waals surface area contributed by atoms with E-state index in [9.17, 15) is 9.59 Å². The van der Waals surface area contributed by atoms with Crippen molar-refractivity contribution in [1.82, 2.24) is 10.6 Å². The van der Waals surface area contributed by atoms with Crippen molar-refractivity contribution in [2.45, 2.75) is 37.8 Å². The number of amides is 1. The zero-order valence-electron chi connectivity index (χ0n) is 11.6. The van der Waals surface area contributed by atoms with Gasteiger partial charge >= 0.3 is 0 Å². The highest BCUT2D eigenvalue weighted by molar-refractivity contribution is 6.30. The van der Waals surface area contributed by atoms with Crippen LogP contribution in [-0.2, 0) is 4.79 Å². The highest BCUT2D eigenvalue weighted by atomic mass is 35.5. The Kier molecular flexibility index (Phi) is 3.97. The van der Waals surface area contributed by atoms with E-state index in [0.29, 0.717) is 16.3 Å². The molecule has 2 atom stereocenters. The zero-order chi connectivity index (χ0) is 14.8. The summed E-state index contributed by atoms with van der Waals surface area (Å²) in [5, 5.41) is 6.79. The maximum atomic E-state index is 12.2. The van der Waals surface area contributed by atoms with Crippen LogP contribution in [0.2, 0.25) is 5.02 Å². The van der Waals surface area contributed by atoms with Gasteiger partial charge in [-0.05, 0) is 37.1 Å². The Morgan fingerprint density at radius 3 is 2.38 bits per heavy atom. The van der Waals surface area contributed by atoms with Crippen molar-refractivity contribution >= 4 is 23.3 Å². The van der Waals surface area contributed by atoms with Gasteiger partial charge in [-0.25, -0.2) is 0 Å². The summed E-state index contributed by atoms with van der Waals surface area (Å²) in [6, 6.07) is 7.07. The van der Waals surface area contributed by atoms with Crippen LogP contribution < -0.4 is 10.6 Å². The molecular weight excluding hydrogens is 288 g/mol. The van der Waals surface area contributed by atoms with Gasteiger partial charge in [0.1, 0.15) is 5.70 Å². The SMILES string of the molecule is O=C1N[C@H]2CCCC[C@H]2N/C1=C\C(=O)c1ccc(Cl)cc1. The number of piperazine rings is 1. The largest absolute Gasteiger partial charge is 0.376 e. The molecule has 110 valence electrons. The summed E-state index contributed by atoms with van der Waals surface area (Å²) < 4.78 is 0. The first-order chi connectivity index (χ1) is 10.1. The van der Waals surface area contributed by atoms with E-state index in [1.807, 2.05) is 0 Å². The third-order valence-corrected chi connectivity index (χ3v) is 4.32. The predicted octanol–water partition coefficient (Wildman–Crippen LogP) is 2.44. The molecule has 1 amide bonds. The predicted molar refractivity (Wildman–Crippen MR) is 81.2 cm³/mol. The fraction of sp³-hybridized carbons (Fsp3) is 0.375. The third kappa shape index (κ3) is 3.10. The van der Waals surface area contributed by atoms with Gasteiger partial charge < -0.3 is 10.6 Å². The summed E-state index contributed by atoms with van der Waals surface area (Å²) in [5.74, 6) is -0.390. The third-order valence-electron chi connectivity index (χ3n) is 4.07. The van der Waals surface area contributed by atoms with E-state index in [1.54, 1.807) is 24.3 Å². The minimum atomic E-state index is -0.196. The Hall–Kier alpha value is -1.81. The fourth-order valence-electron chi connectivity index (χ4n) is 2.92. The summed E-state index contributed by atoms with van der Waals surface area (Å²) in [4.78, 5) is 24.2. The number of allylic oxidation sites excluding steroid dienone is 1. The van der Waals surface area contributed by atoms with Crippen molar-refractivity contribution < 1.29 is 9.59 Å². The van der Waals surface area contributed by atoms with Crippen LogP contribution in [0.4, 0.5) is 0 Å². The molecular formula is C16H17ClN2O2. The van der Waals surface area contributed by atoms with Crippen molar-refractivity contribution in [2.24, 2.45) is 0 Å². The smallest absolute Gasteiger partial charge is 0.267 e. The Labute approximate surface area is 128 Å². The van der Waals surface area contributed by atoms with Gasteiger partial charge in [-0.3, -0.25) is 9.59 Å². The van der Waals surface area contributed by atoms with Crippen LogP contribution in [0, 0.1) is 0 Å². The number of nitrogens with one attached hydrogen (secondary N) is 2. The van der Waals surface area contributed by atoms with Gasteiger partial charge in [-0.15, -0.1) is 0 Å². The van der Waals surface area contributed by atoms with Gasteiger partial charge in [-0.1, -0.05) is 24.4 Å². The molecule has 1 aliphatic heterocycles. The number of rotatable bonds is 2. The van der Waals surface area contributed by atoms with E-state index in [4.69, 9.17) is 11.6 Å². The molecule has 0 spiro atoms. The molecule has 5 heteroatoms. The number of carbonyl (C=O) groups is 2. The van der Waals surface area contributed by atoms with Crippen LogP contribution in [0.3, 0.4) is 0 Å². The monoisotopic (exact) mass is 304 g/mol. The second-order valence-corrected chi connectivity index (χ2v) is 5.98. The lowest BCUT2D eigenvalue weighted by atomic mass is 9.88. The standard InChI is InChI=1S/C16H17ClN2O2/c17-11-7-5-10(6-8-11)15(20)9-14-16(21)19-13-4-2-1-3-12(13)18-14/h5-9,12-13,18H,1-4H2,(H,19,21)/b14-9-/t12-,13+/m1/s1. The van der Waals surface area contributed by atoms with Gasteiger partial charge in [0.05, 0.1) is 0 Å². The zero-order valence-corrected chi connectivity index (χ0v) is 12.3. The summed E-state index contributed by atoms with van der Waals surface area (Å²) in [5.41, 5.74) is 0.880. The summed E-state index contributed by atoms with van der Waals surface area (Å²) in [7, 11) is 0. The van der Waals surface area contributed by atoms with Gasteiger partial charge in [0.2, 0.25) is 0 Å². The molecule has 1 aromatic carbocycles. The lowest BCUT2D eigenvalue weighted by Gasteiger charge is -2.38. The Morgan fingerprint density at radius 1 is 1.10 bits per heavy atom. The quantitative estimate of drug-likeness (QED) is 0.652. The van der Waals surface area contributed by atoms with Crippen LogP contribution in [-0.4, -0.2) is 23.8 Å². The lowest BCUT2D eigenvalue weighted by molar-refractivity contribution is -0.120. The minimum Gasteiger partial charge on any atom is -0.376 e. The maximum Gasteiger partial charge on any atom is 0.267 e. The van der Waals surface area contributed by atoms with Gasteiger partial charge in [-0.2, -0.15) is 0 Å². The fourth-order valence-corrected chi connectivity index (χ4v) is 3.05. The Bertz CT molecular complexity index is 595. The molecule has 4 nitrogen and oxygen atoms in total. The molecule has 1 saturated heterocycles. The van der Waals surface area contributed by atoms with E-state index in [1.165, 1.54) is 6.08 Å². The average molecular weight is 305 g/mol. The molecule has 1 saturated carbocycles. The normalized spacial score (nSPS) is 26.7. The maximum absolute atomic E-state index is 12.2. The molecule has 0 aromatic heterocycles. The molecule has 2 N–H and O–H groups in total. The number of halogens is 1. The second kappa shape index (κ2) is 5.90. The number of benzene rings is 1. The lowest BCUT2D eigenvalue weighted by Crippen LogP contribution is -2.58. The van der Waals surface area contributed by atoms with Crippen molar-refractivity contribution in [1.29, 1.82) is 0 Å². The molecule has 1 heterocycles. The minimum absolute atomic E-state index is 0.189. The number of hydrogen-bond donors (Lipinski definition) is 2. The van der Waals surface area contributed by atoms with E-state index in [0.717, 1.165) is 25.7 Å². The van der Waals surface area contributed by atoms with E-state index in [2.05, 4.69) is 10.6 Å². The van der Waals surface area contributed by atoms with Crippen molar-refractivity contribution in [3.8, 4) is 0 Å². The van der Waals surface area contributed by atoms with Crippen molar-refractivity contribution in [2.75, 3.05) is 0 Å². The first-order valence-electron chi connectivity index (χ1n) is 7.22. The summed E-state index contributed by atoms with van der Waals surface area (Å²) in [6.45, 7) is 0. The Balaban J connectivity index is 1.77. The molecule has 21 heavy (non-hydrogen) atoms. The van der Waals surface area contributed by atoms with Crippen LogP contribution in [0.15, 0.2) is 36.0 Å². The Morgan fingerprint density at radius 2 is 1.71 bits per heavy atom. The molecule has 0 bridgehead atoms. The first-order valence-corrected chi connectivity index (χ1v) is 7.60. The summed E-state index contributed by atoms with van der Waals surface area (Å²) in [6.07, 6.45) is 5.71. The van der Waals surface area contributed by atoms with Crippen molar-refractivity contribution in [3.05, 3.63) is 46.6 Å². The van der Waals surface area contributed by atoms with E-state index < -0.39 is 0 Å². The topological polar surface area (TPSA) is 58.2 Å². The van der Waals surface area contributed by atoms with Crippen molar-refractivity contribution in [3.63, 3.8) is 0 Å². The van der Waals surface area contributed by atoms with Gasteiger partial charge in [0.25, 0.3) is 5.91 Å². The highest BCUT2D eigenvalue weighted by Gasteiger charge is 2.33. The van der Waals surface area contributed by atoms with Crippen LogP contribution in [0.25, 0.3) is 0 Å². The van der Waals surface area contributed by atoms with Gasteiger partial charge in [0, 0.05) is 28.7 Å². The number of carbonyl (C=O) groups excluding carboxylic acids is 2. The van der Waals surface area contributed by atoms with Crippen LogP contribution in [0.1, 0.15) is 36.0 Å². The molecule has 0 unspecified atom stereocenters. The highest BCUT2D eigenvalue weighted by Crippen LogP contribution is 2.22. The number of fused-ring (bicyclic) bond motifs is 1. The number of hydrogen-bond acceptors (Lipinski definition) is 3. The molecule has 3 rings (SSSR count). The number of ketones is 1. The second-order valence-electron chi connectivity index (χ2n) is 5.54.